The largest absolute Gasteiger partial charge is 0.458 e. The van der Waals surface area contributed by atoms with Crippen LogP contribution in [0.15, 0.2) is 66.3 Å². The molecule has 1 saturated heterocycles. The van der Waals surface area contributed by atoms with Gasteiger partial charge in [0.25, 0.3) is 0 Å². The molecule has 1 atom stereocenters. The van der Waals surface area contributed by atoms with Gasteiger partial charge < -0.3 is 18.9 Å². The van der Waals surface area contributed by atoms with E-state index in [9.17, 15) is 9.59 Å². The fraction of sp³-hybridized carbons (Fsp3) is 0.391. The molecule has 1 fully saturated rings. The zero-order valence-corrected chi connectivity index (χ0v) is 16.5. The first-order chi connectivity index (χ1) is 14.0. The predicted octanol–water partition coefficient (Wildman–Crippen LogP) is 3.63. The molecule has 0 bridgehead atoms. The van der Waals surface area contributed by atoms with E-state index in [1.165, 1.54) is 18.2 Å². The van der Waals surface area contributed by atoms with Crippen LogP contribution in [0.3, 0.4) is 0 Å². The number of carbonyl (C=O) groups excluding carboxylic acids is 2. The number of carbonyl (C=O) groups is 2. The van der Waals surface area contributed by atoms with Gasteiger partial charge in [-0.15, -0.1) is 0 Å². The van der Waals surface area contributed by atoms with Crippen LogP contribution >= 0.6 is 0 Å². The summed E-state index contributed by atoms with van der Waals surface area (Å²) in [6.07, 6.45) is 9.71. The van der Waals surface area contributed by atoms with Crippen LogP contribution in [-0.2, 0) is 35.1 Å². The Hall–Kier alpha value is -2.70. The van der Waals surface area contributed by atoms with Gasteiger partial charge in [-0.25, -0.2) is 9.59 Å². The van der Waals surface area contributed by atoms with Crippen LogP contribution in [0.5, 0.6) is 0 Å². The van der Waals surface area contributed by atoms with Crippen LogP contribution in [0.1, 0.15) is 31.7 Å². The summed E-state index contributed by atoms with van der Waals surface area (Å²) in [5.41, 5.74) is 1.90. The summed E-state index contributed by atoms with van der Waals surface area (Å²) in [7, 11) is 0. The third kappa shape index (κ3) is 6.69. The van der Waals surface area contributed by atoms with Gasteiger partial charge in [-0.1, -0.05) is 42.5 Å². The lowest BCUT2D eigenvalue weighted by molar-refractivity contribution is -0.162. The molecule has 1 spiro atoms. The third-order valence-corrected chi connectivity index (χ3v) is 4.68. The van der Waals surface area contributed by atoms with Crippen molar-refractivity contribution >= 4 is 11.9 Å². The highest BCUT2D eigenvalue weighted by Gasteiger charge is 2.38. The minimum Gasteiger partial charge on any atom is -0.458 e. The Balaban J connectivity index is 1.40. The minimum absolute atomic E-state index is 0.199. The lowest BCUT2D eigenvalue weighted by atomic mass is 9.93. The van der Waals surface area contributed by atoms with Crippen LogP contribution in [0, 0.1) is 0 Å². The molecule has 6 heteroatoms. The Morgan fingerprint density at radius 1 is 1.14 bits per heavy atom. The van der Waals surface area contributed by atoms with Crippen molar-refractivity contribution in [2.24, 2.45) is 0 Å². The highest BCUT2D eigenvalue weighted by molar-refractivity contribution is 5.83. The molecule has 1 aliphatic carbocycles. The maximum Gasteiger partial charge on any atom is 0.331 e. The molecule has 0 amide bonds. The summed E-state index contributed by atoms with van der Waals surface area (Å²) in [6, 6.07) is 9.41. The number of allylic oxidation sites excluding steroid dienone is 2. The first-order valence-electron chi connectivity index (χ1n) is 9.79. The van der Waals surface area contributed by atoms with Gasteiger partial charge in [0.2, 0.25) is 0 Å². The Morgan fingerprint density at radius 3 is 2.66 bits per heavy atom. The summed E-state index contributed by atoms with van der Waals surface area (Å²) < 4.78 is 21.8. The summed E-state index contributed by atoms with van der Waals surface area (Å²) in [6.45, 7) is 3.10. The fourth-order valence-corrected chi connectivity index (χ4v) is 3.25. The number of hydrogen-bond acceptors (Lipinski definition) is 6. The highest BCUT2D eigenvalue weighted by Crippen LogP contribution is 2.36. The standard InChI is InChI=1S/C23H26O6/c1-18(9-11-21(24)26-17-20-6-3-2-4-7-20)29-22(25)12-10-19-8-5-13-23(16-19)27-14-15-28-23/h2-4,6-12,18H,5,13-17H2,1H3/t18-/m1/s1. The second-order valence-electron chi connectivity index (χ2n) is 7.03. The van der Waals surface area contributed by atoms with Crippen LogP contribution in [0.2, 0.25) is 0 Å². The van der Waals surface area contributed by atoms with E-state index < -0.39 is 23.8 Å². The van der Waals surface area contributed by atoms with E-state index in [1.54, 1.807) is 13.0 Å². The van der Waals surface area contributed by atoms with Crippen LogP contribution < -0.4 is 0 Å². The normalized spacial score (nSPS) is 19.4. The molecule has 0 radical (unpaired) electrons. The van der Waals surface area contributed by atoms with Crippen molar-refractivity contribution in [3.05, 3.63) is 71.8 Å². The lowest BCUT2D eigenvalue weighted by Crippen LogP contribution is -2.32. The molecule has 2 aliphatic rings. The number of rotatable bonds is 7. The van der Waals surface area contributed by atoms with E-state index in [-0.39, 0.29) is 6.61 Å². The third-order valence-electron chi connectivity index (χ3n) is 4.68. The molecule has 1 aromatic carbocycles. The molecule has 1 aliphatic heterocycles. The molecular weight excluding hydrogens is 372 g/mol. The van der Waals surface area contributed by atoms with Gasteiger partial charge in [0.1, 0.15) is 12.7 Å². The van der Waals surface area contributed by atoms with E-state index in [2.05, 4.69) is 6.08 Å². The monoisotopic (exact) mass is 398 g/mol. The quantitative estimate of drug-likeness (QED) is 0.516. The van der Waals surface area contributed by atoms with Crippen molar-refractivity contribution in [2.75, 3.05) is 13.2 Å². The Morgan fingerprint density at radius 2 is 1.90 bits per heavy atom. The predicted molar refractivity (Wildman–Crippen MR) is 107 cm³/mol. The average Bonchev–Trinajstić information content (AvgIpc) is 3.17. The second kappa shape index (κ2) is 10.2. The van der Waals surface area contributed by atoms with E-state index >= 15 is 0 Å². The van der Waals surface area contributed by atoms with Crippen molar-refractivity contribution in [3.8, 4) is 0 Å². The Kier molecular flexibility index (Phi) is 7.38. The van der Waals surface area contributed by atoms with Crippen LogP contribution in [0.4, 0.5) is 0 Å². The molecular formula is C23H26O6. The molecule has 3 rings (SSSR count). The smallest absolute Gasteiger partial charge is 0.331 e. The zero-order valence-electron chi connectivity index (χ0n) is 16.5. The van der Waals surface area contributed by atoms with Crippen molar-refractivity contribution in [2.45, 2.75) is 44.7 Å². The number of esters is 2. The first-order valence-corrected chi connectivity index (χ1v) is 9.79. The van der Waals surface area contributed by atoms with Crippen molar-refractivity contribution in [3.63, 3.8) is 0 Å². The maximum atomic E-state index is 12.0. The molecule has 6 nitrogen and oxygen atoms in total. The average molecular weight is 398 g/mol. The Labute approximate surface area is 170 Å². The van der Waals surface area contributed by atoms with Gasteiger partial charge in [-0.3, -0.25) is 0 Å². The Bertz CT molecular complexity index is 787. The molecule has 0 unspecified atom stereocenters. The van der Waals surface area contributed by atoms with Gasteiger partial charge in [0.15, 0.2) is 5.79 Å². The van der Waals surface area contributed by atoms with E-state index in [4.69, 9.17) is 18.9 Å². The summed E-state index contributed by atoms with van der Waals surface area (Å²) >= 11 is 0. The van der Waals surface area contributed by atoms with E-state index in [0.29, 0.717) is 19.6 Å². The topological polar surface area (TPSA) is 71.1 Å². The van der Waals surface area contributed by atoms with Crippen molar-refractivity contribution in [1.82, 2.24) is 0 Å². The second-order valence-corrected chi connectivity index (χ2v) is 7.03. The first kappa shape index (κ1) is 21.0. The molecule has 1 heterocycles. The maximum absolute atomic E-state index is 12.0. The number of hydrogen-bond donors (Lipinski definition) is 0. The van der Waals surface area contributed by atoms with E-state index in [0.717, 1.165) is 24.0 Å². The van der Waals surface area contributed by atoms with Crippen molar-refractivity contribution < 1.29 is 28.5 Å². The summed E-state index contributed by atoms with van der Waals surface area (Å²) in [4.78, 5) is 23.8. The molecule has 154 valence electrons. The van der Waals surface area contributed by atoms with Gasteiger partial charge in [0, 0.05) is 25.0 Å². The molecule has 1 aromatic rings. The summed E-state index contributed by atoms with van der Waals surface area (Å²) in [5, 5.41) is 0. The number of benzene rings is 1. The van der Waals surface area contributed by atoms with E-state index in [1.807, 2.05) is 30.3 Å². The number of ether oxygens (including phenoxy) is 4. The summed E-state index contributed by atoms with van der Waals surface area (Å²) in [5.74, 6) is -1.50. The molecule has 29 heavy (non-hydrogen) atoms. The molecule has 0 aromatic heterocycles. The van der Waals surface area contributed by atoms with Gasteiger partial charge >= 0.3 is 11.9 Å². The molecule has 0 saturated carbocycles. The van der Waals surface area contributed by atoms with Gasteiger partial charge in [-0.05, 0) is 30.6 Å². The SMILES string of the molecule is C[C@H](C=CC(=O)OCc1ccccc1)OC(=O)C=CC1=CCCC2(C1)OCCO2. The lowest BCUT2D eigenvalue weighted by Gasteiger charge is -2.30. The van der Waals surface area contributed by atoms with Gasteiger partial charge in [0.05, 0.1) is 13.2 Å². The zero-order chi connectivity index (χ0) is 20.5. The fourth-order valence-electron chi connectivity index (χ4n) is 3.25. The van der Waals surface area contributed by atoms with Gasteiger partial charge in [-0.2, -0.15) is 0 Å². The van der Waals surface area contributed by atoms with Crippen molar-refractivity contribution in [1.29, 1.82) is 0 Å². The van der Waals surface area contributed by atoms with Crippen LogP contribution in [0.25, 0.3) is 0 Å². The van der Waals surface area contributed by atoms with Crippen LogP contribution in [-0.4, -0.2) is 37.0 Å². The minimum atomic E-state index is -0.551. The molecule has 0 N–H and O–H groups in total. The highest BCUT2D eigenvalue weighted by atomic mass is 16.7.